The molecule has 0 fully saturated rings. The van der Waals surface area contributed by atoms with Crippen LogP contribution in [-0.4, -0.2) is 0 Å². The first-order valence-corrected chi connectivity index (χ1v) is 9.18. The van der Waals surface area contributed by atoms with Crippen molar-refractivity contribution in [3.8, 4) is 0 Å². The molecule has 0 radical (unpaired) electrons. The zero-order chi connectivity index (χ0) is 14.1. The number of hydrogen-bond donors (Lipinski definition) is 0. The fourth-order valence-corrected chi connectivity index (χ4v) is 5.61. The molecule has 0 N–H and O–H groups in total. The Morgan fingerprint density at radius 1 is 0.455 bits per heavy atom. The second-order valence-corrected chi connectivity index (χ2v) is 7.88. The summed E-state index contributed by atoms with van der Waals surface area (Å²) in [6.45, 7) is 0. The van der Waals surface area contributed by atoms with Gasteiger partial charge in [0, 0.05) is 10.8 Å². The lowest BCUT2D eigenvalue weighted by Gasteiger charge is -1.99. The van der Waals surface area contributed by atoms with E-state index in [4.69, 9.17) is 0 Å². The summed E-state index contributed by atoms with van der Waals surface area (Å²) in [5, 5.41) is 5.49. The number of halogens is 2. The summed E-state index contributed by atoms with van der Waals surface area (Å²) < 4.78 is 3.01. The lowest BCUT2D eigenvalue weighted by molar-refractivity contribution is -0.592. The number of hydrogen-bond acceptors (Lipinski definition) is 0. The molecule has 0 saturated carbocycles. The molecule has 0 amide bonds. The lowest BCUT2D eigenvalue weighted by Crippen LogP contribution is -3.61. The molecule has 4 rings (SSSR count). The summed E-state index contributed by atoms with van der Waals surface area (Å²) in [6, 6.07) is 30.7. The number of benzene rings is 4. The third-order valence-corrected chi connectivity index (χ3v) is 6.72. The molecule has 0 spiro atoms. The Hall–Kier alpha value is -1.39. The normalized spacial score (nSPS) is 10.5. The predicted molar refractivity (Wildman–Crippen MR) is 85.3 cm³/mol. The van der Waals surface area contributed by atoms with Gasteiger partial charge in [-0.2, -0.15) is 0 Å². The van der Waals surface area contributed by atoms with Crippen molar-refractivity contribution in [3.63, 3.8) is 0 Å². The highest BCUT2D eigenvalue weighted by atomic mass is 127. The first kappa shape index (κ1) is 15.5. The van der Waals surface area contributed by atoms with Crippen LogP contribution in [0.1, 0.15) is 0 Å². The van der Waals surface area contributed by atoms with Crippen LogP contribution in [0.15, 0.2) is 84.9 Å². The molecule has 0 aromatic heterocycles. The largest absolute Gasteiger partial charge is 1.00 e. The van der Waals surface area contributed by atoms with E-state index in [2.05, 4.69) is 84.9 Å². The Bertz CT molecular complexity index is 843. The van der Waals surface area contributed by atoms with E-state index < -0.39 is 0 Å². The molecule has 0 bridgehead atoms. The van der Waals surface area contributed by atoms with Gasteiger partial charge in [0.05, 0.1) is 0 Å². The molecular formula is C20H14BrI. The summed E-state index contributed by atoms with van der Waals surface area (Å²) in [7, 11) is 0. The second kappa shape index (κ2) is 6.80. The monoisotopic (exact) mass is 460 g/mol. The van der Waals surface area contributed by atoms with E-state index in [1.54, 1.807) is 0 Å². The highest BCUT2D eigenvalue weighted by Crippen LogP contribution is 2.14. The van der Waals surface area contributed by atoms with Crippen molar-refractivity contribution >= 4 is 21.5 Å². The third-order valence-electron chi connectivity index (χ3n) is 3.68. The summed E-state index contributed by atoms with van der Waals surface area (Å²) >= 11 is -0.176. The molecule has 22 heavy (non-hydrogen) atoms. The Labute approximate surface area is 151 Å². The fraction of sp³-hybridized carbons (Fsp3) is 0. The van der Waals surface area contributed by atoms with Crippen LogP contribution >= 0.6 is 0 Å². The fourth-order valence-electron chi connectivity index (χ4n) is 2.65. The molecule has 4 aromatic carbocycles. The van der Waals surface area contributed by atoms with Crippen molar-refractivity contribution in [2.75, 3.05) is 0 Å². The summed E-state index contributed by atoms with van der Waals surface area (Å²) in [4.78, 5) is 0. The van der Waals surface area contributed by atoms with Crippen LogP contribution in [0.5, 0.6) is 0 Å². The zero-order valence-electron chi connectivity index (χ0n) is 11.8. The van der Waals surface area contributed by atoms with Crippen molar-refractivity contribution in [3.05, 3.63) is 92.1 Å². The zero-order valence-corrected chi connectivity index (χ0v) is 15.6. The summed E-state index contributed by atoms with van der Waals surface area (Å²) in [5.41, 5.74) is 0. The molecule has 0 aliphatic carbocycles. The minimum absolute atomic E-state index is 0. The second-order valence-electron chi connectivity index (χ2n) is 5.02. The first-order chi connectivity index (χ1) is 10.4. The molecule has 0 saturated heterocycles. The Balaban J connectivity index is 0.00000144. The lowest BCUT2D eigenvalue weighted by atomic mass is 10.1. The van der Waals surface area contributed by atoms with Crippen LogP contribution in [0, 0.1) is 7.14 Å². The van der Waals surface area contributed by atoms with Crippen LogP contribution in [0.25, 0.3) is 21.5 Å². The van der Waals surface area contributed by atoms with Crippen LogP contribution in [0.3, 0.4) is 0 Å². The van der Waals surface area contributed by atoms with Gasteiger partial charge in [0.2, 0.25) is 7.14 Å². The smallest absolute Gasteiger partial charge is 0.359 e. The van der Waals surface area contributed by atoms with Gasteiger partial charge in [0.1, 0.15) is 0 Å². The van der Waals surface area contributed by atoms with Crippen LogP contribution in [0.4, 0.5) is 0 Å². The molecule has 0 heterocycles. The van der Waals surface area contributed by atoms with E-state index >= 15 is 0 Å². The molecule has 0 aliphatic rings. The van der Waals surface area contributed by atoms with Gasteiger partial charge >= 0.3 is 21.2 Å². The maximum atomic E-state index is 2.29. The Morgan fingerprint density at radius 2 is 0.864 bits per heavy atom. The van der Waals surface area contributed by atoms with Crippen molar-refractivity contribution in [2.45, 2.75) is 0 Å². The number of fused-ring (bicyclic) bond motifs is 2. The van der Waals surface area contributed by atoms with E-state index in [-0.39, 0.29) is 38.2 Å². The quantitative estimate of drug-likeness (QED) is 0.341. The van der Waals surface area contributed by atoms with E-state index in [0.29, 0.717) is 0 Å². The van der Waals surface area contributed by atoms with Crippen molar-refractivity contribution in [1.82, 2.24) is 0 Å². The Kier molecular flexibility index (Phi) is 4.79. The van der Waals surface area contributed by atoms with E-state index in [1.807, 2.05) is 0 Å². The first-order valence-electron chi connectivity index (χ1n) is 7.02. The standard InChI is InChI=1S/C20H14I.BrH/c1-3-11-17-15(7-1)9-5-13-19(17)21-20-14-6-10-16-8-2-4-12-18(16)20;/h1-14H;1H/q+1;/p-1. The van der Waals surface area contributed by atoms with E-state index in [9.17, 15) is 0 Å². The highest BCUT2D eigenvalue weighted by molar-refractivity contribution is 5.83. The minimum atomic E-state index is -0.176. The van der Waals surface area contributed by atoms with Crippen LogP contribution in [-0.2, 0) is 0 Å². The molecule has 4 aromatic rings. The van der Waals surface area contributed by atoms with E-state index in [0.717, 1.165) is 0 Å². The van der Waals surface area contributed by atoms with Gasteiger partial charge in [0.25, 0.3) is 0 Å². The van der Waals surface area contributed by atoms with Crippen molar-refractivity contribution in [2.24, 2.45) is 0 Å². The van der Waals surface area contributed by atoms with Crippen LogP contribution in [0.2, 0.25) is 0 Å². The molecule has 2 heteroatoms. The van der Waals surface area contributed by atoms with Gasteiger partial charge in [-0.15, -0.1) is 0 Å². The molecule has 0 atom stereocenters. The van der Waals surface area contributed by atoms with E-state index in [1.165, 1.54) is 28.7 Å². The number of rotatable bonds is 2. The van der Waals surface area contributed by atoms with Gasteiger partial charge in [0.15, 0.2) is 0 Å². The minimum Gasteiger partial charge on any atom is -1.00 e. The van der Waals surface area contributed by atoms with Crippen molar-refractivity contribution < 1.29 is 38.2 Å². The molecule has 108 valence electrons. The topological polar surface area (TPSA) is 0 Å². The van der Waals surface area contributed by atoms with Gasteiger partial charge in [-0.3, -0.25) is 0 Å². The van der Waals surface area contributed by atoms with Crippen LogP contribution < -0.4 is 38.2 Å². The average Bonchev–Trinajstić information content (AvgIpc) is 2.56. The van der Waals surface area contributed by atoms with Gasteiger partial charge in [-0.25, -0.2) is 0 Å². The van der Waals surface area contributed by atoms with Gasteiger partial charge in [-0.1, -0.05) is 60.7 Å². The predicted octanol–water partition coefficient (Wildman–Crippen LogP) is -0.875. The van der Waals surface area contributed by atoms with Gasteiger partial charge < -0.3 is 17.0 Å². The molecule has 0 nitrogen and oxygen atoms in total. The summed E-state index contributed by atoms with van der Waals surface area (Å²) in [5.74, 6) is 0. The average molecular weight is 461 g/mol. The van der Waals surface area contributed by atoms with Gasteiger partial charge in [-0.05, 0) is 35.0 Å². The third kappa shape index (κ3) is 2.90. The maximum Gasteiger partial charge on any atom is 0.359 e. The Morgan fingerprint density at radius 3 is 1.36 bits per heavy atom. The van der Waals surface area contributed by atoms with Crippen molar-refractivity contribution in [1.29, 1.82) is 0 Å². The molecular weight excluding hydrogens is 447 g/mol. The molecule has 0 aliphatic heterocycles. The SMILES string of the molecule is [Br-].c1ccc2c([I+]c3cccc4ccccc34)cccc2c1. The summed E-state index contributed by atoms with van der Waals surface area (Å²) in [6.07, 6.45) is 0. The molecule has 0 unspecified atom stereocenters. The maximum absolute atomic E-state index is 2.29. The highest BCUT2D eigenvalue weighted by Gasteiger charge is 2.20.